The molecule has 0 unspecified atom stereocenters. The Morgan fingerprint density at radius 3 is 2.85 bits per heavy atom. The van der Waals surface area contributed by atoms with Crippen LogP contribution in [0.15, 0.2) is 24.3 Å². The molecule has 11 nitrogen and oxygen atoms in total. The highest BCUT2D eigenvalue weighted by molar-refractivity contribution is 5.99. The minimum atomic E-state index is -0.385. The van der Waals surface area contributed by atoms with Gasteiger partial charge in [-0.2, -0.15) is 10.4 Å². The summed E-state index contributed by atoms with van der Waals surface area (Å²) in [5, 5.41) is 23.7. The van der Waals surface area contributed by atoms with E-state index in [0.29, 0.717) is 47.7 Å². The van der Waals surface area contributed by atoms with Gasteiger partial charge in [-0.15, -0.1) is 0 Å². The molecular weight excluding hydrogens is 438 g/mol. The predicted octanol–water partition coefficient (Wildman–Crippen LogP) is 1.52. The molecule has 11 heteroatoms. The number of amides is 3. The Hall–Kier alpha value is -4.04. The van der Waals surface area contributed by atoms with Crippen molar-refractivity contribution in [2.75, 3.05) is 45.7 Å². The second kappa shape index (κ2) is 10.7. The van der Waals surface area contributed by atoms with E-state index in [0.717, 1.165) is 0 Å². The molecular formula is C23H27N7O4. The molecule has 1 aromatic heterocycles. The fraction of sp³-hybridized carbons (Fsp3) is 0.391. The molecule has 0 radical (unpaired) electrons. The van der Waals surface area contributed by atoms with Gasteiger partial charge >= 0.3 is 0 Å². The van der Waals surface area contributed by atoms with E-state index in [2.05, 4.69) is 10.4 Å². The summed E-state index contributed by atoms with van der Waals surface area (Å²) in [6, 6.07) is 8.32. The van der Waals surface area contributed by atoms with Gasteiger partial charge in [0.1, 0.15) is 18.8 Å². The van der Waals surface area contributed by atoms with E-state index in [-0.39, 0.29) is 36.9 Å². The van der Waals surface area contributed by atoms with Crippen molar-refractivity contribution in [2.45, 2.75) is 19.4 Å². The van der Waals surface area contributed by atoms with Crippen LogP contribution in [0, 0.1) is 16.7 Å². The Kier molecular flexibility index (Phi) is 7.75. The number of methoxy groups -OCH3 is 1. The monoisotopic (exact) mass is 465 g/mol. The zero-order chi connectivity index (χ0) is 24.8. The molecule has 3 amide bonds. The summed E-state index contributed by atoms with van der Waals surface area (Å²) in [6.45, 7) is 2.43. The number of fused-ring (bicyclic) bond motifs is 1. The van der Waals surface area contributed by atoms with Crippen LogP contribution in [0.2, 0.25) is 0 Å². The van der Waals surface area contributed by atoms with Crippen molar-refractivity contribution in [3.8, 4) is 17.3 Å². The predicted molar refractivity (Wildman–Crippen MR) is 125 cm³/mol. The summed E-state index contributed by atoms with van der Waals surface area (Å²) in [5.41, 5.74) is 2.10. The third-order valence-corrected chi connectivity index (χ3v) is 5.48. The van der Waals surface area contributed by atoms with Gasteiger partial charge in [-0.25, -0.2) is 0 Å². The van der Waals surface area contributed by atoms with Crippen LogP contribution >= 0.6 is 0 Å². The number of ether oxygens (including phenoxy) is 1. The number of rotatable bonds is 9. The SMILES string of the molecule is COCC(=O)Nc1cc(C#N)ccc1-c1cc2n(n1)[C@@H](C)CN(CC(=O)N(C)CCC=N)C2=O. The molecule has 1 aromatic carbocycles. The normalized spacial score (nSPS) is 14.8. The van der Waals surface area contributed by atoms with Crippen molar-refractivity contribution in [1.82, 2.24) is 19.6 Å². The number of nitriles is 1. The minimum Gasteiger partial charge on any atom is -0.375 e. The largest absolute Gasteiger partial charge is 0.375 e. The summed E-state index contributed by atoms with van der Waals surface area (Å²) < 4.78 is 6.49. The number of carbonyl (C=O) groups is 3. The Balaban J connectivity index is 1.89. The number of benzene rings is 1. The van der Waals surface area contributed by atoms with Crippen LogP contribution in [0.5, 0.6) is 0 Å². The van der Waals surface area contributed by atoms with E-state index in [4.69, 9.17) is 10.1 Å². The molecule has 1 aliphatic heterocycles. The lowest BCUT2D eigenvalue weighted by molar-refractivity contribution is -0.130. The molecule has 34 heavy (non-hydrogen) atoms. The fourth-order valence-corrected chi connectivity index (χ4v) is 3.72. The number of nitrogens with zero attached hydrogens (tertiary/aromatic N) is 5. The van der Waals surface area contributed by atoms with E-state index in [9.17, 15) is 19.6 Å². The molecule has 0 fully saturated rings. The van der Waals surface area contributed by atoms with Crippen LogP contribution in [0.25, 0.3) is 11.3 Å². The summed E-state index contributed by atoms with van der Waals surface area (Å²) in [7, 11) is 3.06. The van der Waals surface area contributed by atoms with Gasteiger partial charge in [-0.1, -0.05) is 0 Å². The van der Waals surface area contributed by atoms with E-state index >= 15 is 0 Å². The molecule has 2 heterocycles. The molecule has 1 atom stereocenters. The highest BCUT2D eigenvalue weighted by Crippen LogP contribution is 2.31. The number of nitrogens with one attached hydrogen (secondary N) is 2. The Bertz CT molecular complexity index is 1150. The van der Waals surface area contributed by atoms with E-state index in [1.54, 1.807) is 36.0 Å². The average molecular weight is 466 g/mol. The highest BCUT2D eigenvalue weighted by Gasteiger charge is 2.33. The first-order valence-corrected chi connectivity index (χ1v) is 10.7. The molecule has 0 bridgehead atoms. The number of aromatic nitrogens is 2. The quantitative estimate of drug-likeness (QED) is 0.537. The third kappa shape index (κ3) is 5.29. The fourth-order valence-electron chi connectivity index (χ4n) is 3.72. The second-order valence-electron chi connectivity index (χ2n) is 8.06. The number of anilines is 1. The van der Waals surface area contributed by atoms with Crippen molar-refractivity contribution in [3.63, 3.8) is 0 Å². The lowest BCUT2D eigenvalue weighted by Crippen LogP contribution is -2.47. The van der Waals surface area contributed by atoms with Crippen LogP contribution in [-0.2, 0) is 14.3 Å². The van der Waals surface area contributed by atoms with Crippen molar-refractivity contribution >= 4 is 29.6 Å². The Morgan fingerprint density at radius 2 is 2.18 bits per heavy atom. The molecule has 0 spiro atoms. The first-order chi connectivity index (χ1) is 16.3. The smallest absolute Gasteiger partial charge is 0.272 e. The zero-order valence-electron chi connectivity index (χ0n) is 19.4. The van der Waals surface area contributed by atoms with E-state index in [1.807, 2.05) is 13.0 Å². The Morgan fingerprint density at radius 1 is 1.41 bits per heavy atom. The summed E-state index contributed by atoms with van der Waals surface area (Å²) in [4.78, 5) is 40.8. The molecule has 1 aliphatic rings. The van der Waals surface area contributed by atoms with Crippen molar-refractivity contribution in [1.29, 1.82) is 10.7 Å². The van der Waals surface area contributed by atoms with Gasteiger partial charge in [0.25, 0.3) is 5.91 Å². The van der Waals surface area contributed by atoms with Gasteiger partial charge in [0.05, 0.1) is 29.1 Å². The molecule has 0 aliphatic carbocycles. The van der Waals surface area contributed by atoms with Crippen LogP contribution in [-0.4, -0.2) is 83.9 Å². The van der Waals surface area contributed by atoms with Crippen LogP contribution in [0.4, 0.5) is 5.69 Å². The first-order valence-electron chi connectivity index (χ1n) is 10.7. The highest BCUT2D eigenvalue weighted by atomic mass is 16.5. The maximum Gasteiger partial charge on any atom is 0.272 e. The molecule has 3 rings (SSSR count). The second-order valence-corrected chi connectivity index (χ2v) is 8.06. The maximum atomic E-state index is 13.2. The van der Waals surface area contributed by atoms with Crippen molar-refractivity contribution < 1.29 is 19.1 Å². The summed E-state index contributed by atoms with van der Waals surface area (Å²) in [5.74, 6) is -0.904. The van der Waals surface area contributed by atoms with Gasteiger partial charge in [0.15, 0.2) is 0 Å². The number of hydrogen-bond donors (Lipinski definition) is 2. The van der Waals surface area contributed by atoms with E-state index < -0.39 is 0 Å². The van der Waals surface area contributed by atoms with E-state index in [1.165, 1.54) is 23.1 Å². The van der Waals surface area contributed by atoms with Crippen LogP contribution < -0.4 is 5.32 Å². The molecule has 178 valence electrons. The molecule has 2 aromatic rings. The van der Waals surface area contributed by atoms with Gasteiger partial charge in [-0.05, 0) is 43.8 Å². The van der Waals surface area contributed by atoms with Gasteiger partial charge in [0, 0.05) is 32.8 Å². The number of hydrogen-bond acceptors (Lipinski definition) is 7. The lowest BCUT2D eigenvalue weighted by Gasteiger charge is -2.32. The van der Waals surface area contributed by atoms with Crippen LogP contribution in [0.1, 0.15) is 35.4 Å². The van der Waals surface area contributed by atoms with Crippen molar-refractivity contribution in [2.24, 2.45) is 0 Å². The van der Waals surface area contributed by atoms with Gasteiger partial charge in [-0.3, -0.25) is 19.1 Å². The summed E-state index contributed by atoms with van der Waals surface area (Å²) in [6.07, 6.45) is 1.70. The molecule has 2 N–H and O–H groups in total. The average Bonchev–Trinajstić information content (AvgIpc) is 3.27. The number of likely N-dealkylation sites (N-methyl/N-ethyl adjacent to an activating group) is 1. The Labute approximate surface area is 197 Å². The van der Waals surface area contributed by atoms with Crippen molar-refractivity contribution in [3.05, 3.63) is 35.5 Å². The standard InChI is InChI=1S/C23H27N7O4/c1-15-12-29(13-22(32)28(2)8-4-7-24)23(33)20-10-19(27-30(15)20)17-6-5-16(11-25)9-18(17)26-21(31)14-34-3/h5-7,9-10,15,24H,4,8,12-14H2,1-3H3,(H,26,31)/t15-/m0/s1. The van der Waals surface area contributed by atoms with Crippen LogP contribution in [0.3, 0.4) is 0 Å². The molecule has 0 saturated heterocycles. The topological polar surface area (TPSA) is 144 Å². The third-order valence-electron chi connectivity index (χ3n) is 5.48. The summed E-state index contributed by atoms with van der Waals surface area (Å²) >= 11 is 0. The van der Waals surface area contributed by atoms with Gasteiger partial charge in [0.2, 0.25) is 11.8 Å². The van der Waals surface area contributed by atoms with Gasteiger partial charge < -0.3 is 25.3 Å². The minimum absolute atomic E-state index is 0.0621. The molecule has 0 saturated carbocycles. The number of carbonyl (C=O) groups excluding carboxylic acids is 3. The first kappa shape index (κ1) is 24.6. The lowest BCUT2D eigenvalue weighted by atomic mass is 10.1. The maximum absolute atomic E-state index is 13.2. The zero-order valence-corrected chi connectivity index (χ0v) is 19.4.